The van der Waals surface area contributed by atoms with Gasteiger partial charge >= 0.3 is 0 Å². The van der Waals surface area contributed by atoms with E-state index in [2.05, 4.69) is 22.4 Å². The predicted molar refractivity (Wildman–Crippen MR) is 125 cm³/mol. The second-order valence-corrected chi connectivity index (χ2v) is 7.74. The van der Waals surface area contributed by atoms with Gasteiger partial charge in [-0.2, -0.15) is 4.80 Å². The molecule has 0 radical (unpaired) electrons. The van der Waals surface area contributed by atoms with Crippen LogP contribution in [-0.2, 0) is 0 Å². The topological polar surface area (TPSA) is 78.3 Å². The van der Waals surface area contributed by atoms with Gasteiger partial charge in [0.2, 0.25) is 0 Å². The molecule has 1 N–H and O–H groups in total. The molecule has 1 heterocycles. The van der Waals surface area contributed by atoms with Gasteiger partial charge in [0.25, 0.3) is 5.91 Å². The number of hydrogen-bond donors (Lipinski definition) is 1. The molecule has 7 nitrogen and oxygen atoms in total. The summed E-state index contributed by atoms with van der Waals surface area (Å²) in [5, 5.41) is 12.4. The highest BCUT2D eigenvalue weighted by atomic mass is 35.5. The zero-order valence-corrected chi connectivity index (χ0v) is 18.8. The van der Waals surface area contributed by atoms with E-state index in [1.165, 1.54) is 4.80 Å². The summed E-state index contributed by atoms with van der Waals surface area (Å²) in [5.74, 6) is 1.02. The largest absolute Gasteiger partial charge is 0.495 e. The molecule has 1 aromatic heterocycles. The molecular weight excluding hydrogens is 428 g/mol. The number of carbonyl (C=O) groups is 1. The van der Waals surface area contributed by atoms with Crippen molar-refractivity contribution < 1.29 is 14.3 Å². The number of nitrogens with zero attached hydrogens (tertiary/aromatic N) is 3. The average Bonchev–Trinajstić information content (AvgIpc) is 3.22. The van der Waals surface area contributed by atoms with Crippen LogP contribution in [0.15, 0.2) is 60.7 Å². The van der Waals surface area contributed by atoms with Crippen molar-refractivity contribution in [2.45, 2.75) is 26.4 Å². The Hall–Kier alpha value is -3.58. The number of benzene rings is 3. The van der Waals surface area contributed by atoms with Crippen LogP contribution in [0.1, 0.15) is 30.6 Å². The molecule has 0 unspecified atom stereocenters. The van der Waals surface area contributed by atoms with Crippen molar-refractivity contribution >= 4 is 34.2 Å². The lowest BCUT2D eigenvalue weighted by atomic mass is 10.2. The van der Waals surface area contributed by atoms with Gasteiger partial charge in [0.15, 0.2) is 0 Å². The minimum absolute atomic E-state index is 0.0823. The molecule has 1 amide bonds. The van der Waals surface area contributed by atoms with Gasteiger partial charge in [0, 0.05) is 11.3 Å². The van der Waals surface area contributed by atoms with E-state index >= 15 is 0 Å². The summed E-state index contributed by atoms with van der Waals surface area (Å²) < 4.78 is 11.0. The molecule has 4 rings (SSSR count). The van der Waals surface area contributed by atoms with Gasteiger partial charge in [0.1, 0.15) is 22.5 Å². The van der Waals surface area contributed by atoms with E-state index in [4.69, 9.17) is 21.1 Å². The van der Waals surface area contributed by atoms with Gasteiger partial charge in [-0.15, -0.1) is 10.2 Å². The highest BCUT2D eigenvalue weighted by molar-refractivity contribution is 6.32. The molecule has 32 heavy (non-hydrogen) atoms. The summed E-state index contributed by atoms with van der Waals surface area (Å²) in [6.45, 7) is 4.05. The molecule has 0 saturated heterocycles. The first-order chi connectivity index (χ1) is 15.5. The quantitative estimate of drug-likeness (QED) is 0.401. The van der Waals surface area contributed by atoms with E-state index < -0.39 is 0 Å². The monoisotopic (exact) mass is 450 g/mol. The van der Waals surface area contributed by atoms with E-state index in [1.54, 1.807) is 49.6 Å². The molecule has 1 atom stereocenters. The van der Waals surface area contributed by atoms with Crippen LogP contribution in [0.2, 0.25) is 5.02 Å². The molecule has 4 aromatic rings. The molecule has 164 valence electrons. The van der Waals surface area contributed by atoms with E-state index in [0.717, 1.165) is 6.42 Å². The predicted octanol–water partition coefficient (Wildman–Crippen LogP) is 5.51. The number of fused-ring (bicyclic) bond motifs is 1. The maximum atomic E-state index is 12.7. The molecule has 0 bridgehead atoms. The first kappa shape index (κ1) is 21.6. The van der Waals surface area contributed by atoms with Crippen LogP contribution < -0.4 is 14.8 Å². The molecular formula is C24H23ClN4O3. The molecule has 8 heteroatoms. The number of anilines is 1. The first-order valence-corrected chi connectivity index (χ1v) is 10.6. The van der Waals surface area contributed by atoms with Crippen LogP contribution >= 0.6 is 11.6 Å². The smallest absolute Gasteiger partial charge is 0.255 e. The first-order valence-electron chi connectivity index (χ1n) is 10.3. The van der Waals surface area contributed by atoms with E-state index in [9.17, 15) is 4.79 Å². The number of carbonyl (C=O) groups excluding carboxylic acids is 1. The number of nitrogens with one attached hydrogen (secondary N) is 1. The van der Waals surface area contributed by atoms with Crippen LogP contribution in [0.4, 0.5) is 5.69 Å². The number of hydrogen-bond acceptors (Lipinski definition) is 5. The zero-order chi connectivity index (χ0) is 22.7. The fourth-order valence-corrected chi connectivity index (χ4v) is 3.37. The van der Waals surface area contributed by atoms with Crippen LogP contribution in [0.5, 0.6) is 11.5 Å². The maximum absolute atomic E-state index is 12.7. The van der Waals surface area contributed by atoms with Gasteiger partial charge in [-0.3, -0.25) is 4.79 Å². The van der Waals surface area contributed by atoms with Crippen LogP contribution in [-0.4, -0.2) is 34.1 Å². The summed E-state index contributed by atoms with van der Waals surface area (Å²) in [4.78, 5) is 14.2. The normalized spacial score (nSPS) is 11.9. The Morgan fingerprint density at radius 2 is 1.91 bits per heavy atom. The lowest BCUT2D eigenvalue weighted by molar-refractivity contribution is 0.102. The van der Waals surface area contributed by atoms with Gasteiger partial charge in [0.05, 0.1) is 23.9 Å². The highest BCUT2D eigenvalue weighted by Gasteiger charge is 2.12. The Kier molecular flexibility index (Phi) is 6.28. The average molecular weight is 451 g/mol. The Morgan fingerprint density at radius 1 is 1.09 bits per heavy atom. The van der Waals surface area contributed by atoms with E-state index in [0.29, 0.717) is 44.5 Å². The summed E-state index contributed by atoms with van der Waals surface area (Å²) in [7, 11) is 1.56. The third-order valence-electron chi connectivity index (χ3n) is 5.01. The summed E-state index contributed by atoms with van der Waals surface area (Å²) >= 11 is 6.22. The summed E-state index contributed by atoms with van der Waals surface area (Å²) in [5.41, 5.74) is 3.18. The van der Waals surface area contributed by atoms with Crippen molar-refractivity contribution in [2.24, 2.45) is 0 Å². The molecule has 3 aromatic carbocycles. The highest BCUT2D eigenvalue weighted by Crippen LogP contribution is 2.27. The van der Waals surface area contributed by atoms with E-state index in [1.807, 2.05) is 25.1 Å². The number of halogens is 1. The number of rotatable bonds is 7. The fourth-order valence-electron chi connectivity index (χ4n) is 3.12. The SMILES string of the molecule is CC[C@H](C)Oc1cccc(C(=O)Nc2ccc3nn(-c4ccc(OC)c(Cl)c4)nc3c2)c1. The number of aromatic nitrogens is 3. The zero-order valence-electron chi connectivity index (χ0n) is 18.0. The molecule has 0 saturated carbocycles. The minimum Gasteiger partial charge on any atom is -0.495 e. The molecule has 0 aliphatic carbocycles. The van der Waals surface area contributed by atoms with E-state index in [-0.39, 0.29) is 12.0 Å². The fraction of sp³-hybridized carbons (Fsp3) is 0.208. The lowest BCUT2D eigenvalue weighted by Crippen LogP contribution is -2.13. The van der Waals surface area contributed by atoms with Gasteiger partial charge in [-0.1, -0.05) is 24.6 Å². The Morgan fingerprint density at radius 3 is 2.66 bits per heavy atom. The van der Waals surface area contributed by atoms with Crippen LogP contribution in [0.3, 0.4) is 0 Å². The summed E-state index contributed by atoms with van der Waals surface area (Å²) in [6, 6.07) is 17.8. The number of ether oxygens (including phenoxy) is 2. The van der Waals surface area contributed by atoms with Gasteiger partial charge in [-0.25, -0.2) is 0 Å². The van der Waals surface area contributed by atoms with Gasteiger partial charge < -0.3 is 14.8 Å². The lowest BCUT2D eigenvalue weighted by Gasteiger charge is -2.13. The third-order valence-corrected chi connectivity index (χ3v) is 5.31. The van der Waals surface area contributed by atoms with Crippen molar-refractivity contribution in [2.75, 3.05) is 12.4 Å². The van der Waals surface area contributed by atoms with Crippen molar-refractivity contribution in [3.05, 3.63) is 71.2 Å². The van der Waals surface area contributed by atoms with Gasteiger partial charge in [-0.05, 0) is 67.9 Å². The molecule has 0 aliphatic rings. The van der Waals surface area contributed by atoms with Crippen LogP contribution in [0, 0.1) is 0 Å². The van der Waals surface area contributed by atoms with Crippen LogP contribution in [0.25, 0.3) is 16.7 Å². The Labute approximate surface area is 190 Å². The summed E-state index contributed by atoms with van der Waals surface area (Å²) in [6.07, 6.45) is 0.971. The van der Waals surface area contributed by atoms with Crippen molar-refractivity contribution in [1.29, 1.82) is 0 Å². The second-order valence-electron chi connectivity index (χ2n) is 7.33. The maximum Gasteiger partial charge on any atom is 0.255 e. The van der Waals surface area contributed by atoms with Crippen molar-refractivity contribution in [1.82, 2.24) is 15.0 Å². The van der Waals surface area contributed by atoms with Crippen molar-refractivity contribution in [3.63, 3.8) is 0 Å². The second kappa shape index (κ2) is 9.28. The molecule has 0 aliphatic heterocycles. The minimum atomic E-state index is -0.228. The van der Waals surface area contributed by atoms with Crippen molar-refractivity contribution in [3.8, 4) is 17.2 Å². The molecule has 0 fully saturated rings. The number of amides is 1. The number of methoxy groups -OCH3 is 1. The Balaban J connectivity index is 1.54. The third kappa shape index (κ3) is 4.68. The standard InChI is InChI=1S/C24H23ClN4O3/c1-4-15(2)32-19-7-5-6-16(12-19)24(30)26-17-8-10-21-22(13-17)28-29(27-21)18-9-11-23(31-3)20(25)14-18/h5-15H,4H2,1-3H3,(H,26,30)/t15-/m0/s1. The molecule has 0 spiro atoms. The Bertz CT molecular complexity index is 1270.